The molecule has 0 unspecified atom stereocenters. The van der Waals surface area contributed by atoms with Crippen LogP contribution in [0.4, 0.5) is 5.82 Å². The number of sulfone groups is 1. The molecule has 2 heterocycles. The number of benzene rings is 2. The third kappa shape index (κ3) is 3.11. The van der Waals surface area contributed by atoms with Gasteiger partial charge in [0.25, 0.3) is 0 Å². The van der Waals surface area contributed by atoms with Gasteiger partial charge in [-0.2, -0.15) is 4.52 Å². The van der Waals surface area contributed by atoms with E-state index in [1.807, 2.05) is 24.3 Å². The SMILES string of the molecule is C[C@H]1CCCC[C@@H]1Nc1nc2c(S(=O)(=O)c3ccccc3)nnn2c2ccccc12. The second kappa shape index (κ2) is 7.36. The van der Waals surface area contributed by atoms with Crippen LogP contribution in [0.15, 0.2) is 64.5 Å². The van der Waals surface area contributed by atoms with Crippen molar-refractivity contribution in [2.45, 2.75) is 48.6 Å². The molecule has 1 aliphatic rings. The molecule has 30 heavy (non-hydrogen) atoms. The van der Waals surface area contributed by atoms with Gasteiger partial charge in [-0.05, 0) is 43.0 Å². The number of rotatable bonds is 4. The highest BCUT2D eigenvalue weighted by molar-refractivity contribution is 7.91. The molecule has 5 rings (SSSR count). The highest BCUT2D eigenvalue weighted by Crippen LogP contribution is 2.31. The van der Waals surface area contributed by atoms with Crippen molar-refractivity contribution in [3.8, 4) is 0 Å². The van der Waals surface area contributed by atoms with Crippen molar-refractivity contribution in [1.29, 1.82) is 0 Å². The number of para-hydroxylation sites is 1. The summed E-state index contributed by atoms with van der Waals surface area (Å²) >= 11 is 0. The fourth-order valence-corrected chi connectivity index (χ4v) is 5.50. The van der Waals surface area contributed by atoms with E-state index in [0.29, 0.717) is 17.8 Å². The van der Waals surface area contributed by atoms with E-state index in [9.17, 15) is 8.42 Å². The third-order valence-electron chi connectivity index (χ3n) is 5.96. The zero-order chi connectivity index (χ0) is 20.7. The van der Waals surface area contributed by atoms with Gasteiger partial charge in [-0.25, -0.2) is 13.4 Å². The summed E-state index contributed by atoms with van der Waals surface area (Å²) < 4.78 is 28.0. The Kier molecular flexibility index (Phi) is 4.66. The van der Waals surface area contributed by atoms with Crippen molar-refractivity contribution < 1.29 is 8.42 Å². The molecule has 4 aromatic rings. The number of fused-ring (bicyclic) bond motifs is 3. The van der Waals surface area contributed by atoms with E-state index in [1.165, 1.54) is 23.8 Å². The largest absolute Gasteiger partial charge is 0.366 e. The molecule has 1 aliphatic carbocycles. The Morgan fingerprint density at radius 1 is 1.00 bits per heavy atom. The normalized spacial score (nSPS) is 19.9. The minimum absolute atomic E-state index is 0.126. The summed E-state index contributed by atoms with van der Waals surface area (Å²) in [5.74, 6) is 1.22. The molecular formula is C22H23N5O2S. The number of nitrogens with one attached hydrogen (secondary N) is 1. The zero-order valence-electron chi connectivity index (χ0n) is 16.7. The highest BCUT2D eigenvalue weighted by atomic mass is 32.2. The van der Waals surface area contributed by atoms with E-state index in [2.05, 4.69) is 22.6 Å². The Morgan fingerprint density at radius 2 is 1.73 bits per heavy atom. The molecule has 1 fully saturated rings. The quantitative estimate of drug-likeness (QED) is 0.534. The van der Waals surface area contributed by atoms with E-state index in [0.717, 1.165) is 17.3 Å². The van der Waals surface area contributed by atoms with Crippen LogP contribution in [0.1, 0.15) is 32.6 Å². The molecule has 0 spiro atoms. The van der Waals surface area contributed by atoms with E-state index >= 15 is 0 Å². The molecule has 1 saturated carbocycles. The number of nitrogens with zero attached hydrogens (tertiary/aromatic N) is 4. The summed E-state index contributed by atoms with van der Waals surface area (Å²) in [6.07, 6.45) is 4.69. The maximum absolute atomic E-state index is 13.2. The lowest BCUT2D eigenvalue weighted by atomic mass is 9.86. The van der Waals surface area contributed by atoms with Crippen molar-refractivity contribution in [2.24, 2.45) is 5.92 Å². The topological polar surface area (TPSA) is 89.2 Å². The summed E-state index contributed by atoms with van der Waals surface area (Å²) in [5, 5.41) is 12.5. The maximum atomic E-state index is 13.2. The van der Waals surface area contributed by atoms with Gasteiger partial charge in [0.05, 0.1) is 10.4 Å². The average molecular weight is 422 g/mol. The average Bonchev–Trinajstić information content (AvgIpc) is 3.21. The predicted octanol–water partition coefficient (Wildman–Crippen LogP) is 4.10. The van der Waals surface area contributed by atoms with Crippen LogP contribution in [0.3, 0.4) is 0 Å². The van der Waals surface area contributed by atoms with Crippen molar-refractivity contribution in [3.05, 3.63) is 54.6 Å². The van der Waals surface area contributed by atoms with Gasteiger partial charge in [-0.1, -0.05) is 55.3 Å². The predicted molar refractivity (Wildman–Crippen MR) is 115 cm³/mol. The lowest BCUT2D eigenvalue weighted by molar-refractivity contribution is 0.349. The fourth-order valence-electron chi connectivity index (χ4n) is 4.25. The lowest BCUT2D eigenvalue weighted by Crippen LogP contribution is -2.30. The summed E-state index contributed by atoms with van der Waals surface area (Å²) in [6, 6.07) is 16.3. The standard InChI is InChI=1S/C22H23N5O2S/c1-15-9-5-7-13-18(15)23-20-17-12-6-8-14-19(17)27-21(24-20)22(25-26-27)30(28,29)16-10-3-2-4-11-16/h2-4,6,8,10-12,14-15,18H,5,7,9,13H2,1H3,(H,23,24)/t15-,18-/m0/s1. The molecule has 1 N–H and O–H groups in total. The molecule has 2 aromatic heterocycles. The van der Waals surface area contributed by atoms with Gasteiger partial charge in [0.1, 0.15) is 5.82 Å². The first-order chi connectivity index (χ1) is 14.6. The monoisotopic (exact) mass is 421 g/mol. The zero-order valence-corrected chi connectivity index (χ0v) is 17.5. The summed E-state index contributed by atoms with van der Waals surface area (Å²) in [6.45, 7) is 2.25. The summed E-state index contributed by atoms with van der Waals surface area (Å²) in [7, 11) is -3.84. The first-order valence-electron chi connectivity index (χ1n) is 10.3. The Hall–Kier alpha value is -3.00. The van der Waals surface area contributed by atoms with Crippen molar-refractivity contribution in [1.82, 2.24) is 19.8 Å². The number of aromatic nitrogens is 4. The van der Waals surface area contributed by atoms with Crippen LogP contribution in [0.5, 0.6) is 0 Å². The van der Waals surface area contributed by atoms with Crippen molar-refractivity contribution in [3.63, 3.8) is 0 Å². The molecule has 0 saturated heterocycles. The number of hydrogen-bond acceptors (Lipinski definition) is 6. The molecule has 8 heteroatoms. The maximum Gasteiger partial charge on any atom is 0.229 e. The molecule has 0 bridgehead atoms. The summed E-state index contributed by atoms with van der Waals surface area (Å²) in [5.41, 5.74) is 1.01. The Bertz CT molecular complexity index is 1320. The minimum Gasteiger partial charge on any atom is -0.366 e. The molecule has 154 valence electrons. The second-order valence-corrected chi connectivity index (χ2v) is 9.80. The fraction of sp³-hybridized carbons (Fsp3) is 0.318. The first-order valence-corrected chi connectivity index (χ1v) is 11.7. The second-order valence-electron chi connectivity index (χ2n) is 7.94. The Morgan fingerprint density at radius 3 is 2.53 bits per heavy atom. The van der Waals surface area contributed by atoms with Gasteiger partial charge in [0.15, 0.2) is 5.65 Å². The number of anilines is 1. The van der Waals surface area contributed by atoms with E-state index in [-0.39, 0.29) is 15.6 Å². The molecule has 2 atom stereocenters. The first kappa shape index (κ1) is 19.0. The highest BCUT2D eigenvalue weighted by Gasteiger charge is 2.28. The van der Waals surface area contributed by atoms with E-state index < -0.39 is 9.84 Å². The molecule has 0 amide bonds. The van der Waals surface area contributed by atoms with Crippen LogP contribution >= 0.6 is 0 Å². The molecule has 0 aliphatic heterocycles. The van der Waals surface area contributed by atoms with Crippen LogP contribution in [-0.4, -0.2) is 34.3 Å². The van der Waals surface area contributed by atoms with Gasteiger partial charge in [0.2, 0.25) is 14.9 Å². The Balaban J connectivity index is 1.70. The van der Waals surface area contributed by atoms with Gasteiger partial charge in [-0.3, -0.25) is 0 Å². The van der Waals surface area contributed by atoms with E-state index in [4.69, 9.17) is 4.98 Å². The minimum atomic E-state index is -3.84. The van der Waals surface area contributed by atoms with Crippen LogP contribution in [0.25, 0.3) is 16.6 Å². The molecule has 7 nitrogen and oxygen atoms in total. The van der Waals surface area contributed by atoms with Crippen LogP contribution < -0.4 is 5.32 Å². The van der Waals surface area contributed by atoms with Gasteiger partial charge in [-0.15, -0.1) is 5.10 Å². The molecular weight excluding hydrogens is 398 g/mol. The smallest absolute Gasteiger partial charge is 0.229 e. The van der Waals surface area contributed by atoms with Gasteiger partial charge < -0.3 is 5.32 Å². The van der Waals surface area contributed by atoms with Crippen molar-refractivity contribution >= 4 is 32.2 Å². The van der Waals surface area contributed by atoms with Crippen LogP contribution in [-0.2, 0) is 9.84 Å². The van der Waals surface area contributed by atoms with Crippen LogP contribution in [0.2, 0.25) is 0 Å². The number of hydrogen-bond donors (Lipinski definition) is 1. The van der Waals surface area contributed by atoms with Crippen molar-refractivity contribution in [2.75, 3.05) is 5.32 Å². The van der Waals surface area contributed by atoms with Gasteiger partial charge >= 0.3 is 0 Å². The van der Waals surface area contributed by atoms with Gasteiger partial charge in [0, 0.05) is 11.4 Å². The van der Waals surface area contributed by atoms with Crippen LogP contribution in [0, 0.1) is 5.92 Å². The van der Waals surface area contributed by atoms with E-state index in [1.54, 1.807) is 30.3 Å². The molecule has 2 aromatic carbocycles. The third-order valence-corrected chi connectivity index (χ3v) is 7.63. The lowest BCUT2D eigenvalue weighted by Gasteiger charge is -2.30. The summed E-state index contributed by atoms with van der Waals surface area (Å²) in [4.78, 5) is 4.91. The molecule has 0 radical (unpaired) electrons. The Labute approximate surface area is 175 Å².